The lowest BCUT2D eigenvalue weighted by Gasteiger charge is -2.23. The summed E-state index contributed by atoms with van der Waals surface area (Å²) in [5.41, 5.74) is 2.24. The van der Waals surface area contributed by atoms with Crippen LogP contribution in [0.4, 0.5) is 8.78 Å². The van der Waals surface area contributed by atoms with Gasteiger partial charge in [-0.25, -0.2) is 13.5 Å². The minimum Gasteiger partial charge on any atom is -0.361 e. The van der Waals surface area contributed by atoms with Crippen molar-refractivity contribution in [3.63, 3.8) is 0 Å². The fraction of sp³-hybridized carbons (Fsp3) is 0.429. The number of aryl methyl sites for hydroxylation is 1. The fourth-order valence-electron chi connectivity index (χ4n) is 4.10. The molecule has 2 N–H and O–H groups in total. The average molecular weight is 430 g/mol. The van der Waals surface area contributed by atoms with Crippen LogP contribution in [0, 0.1) is 0 Å². The van der Waals surface area contributed by atoms with Gasteiger partial charge in [0, 0.05) is 37.0 Å². The van der Waals surface area contributed by atoms with Crippen LogP contribution in [-0.4, -0.2) is 62.2 Å². The summed E-state index contributed by atoms with van der Waals surface area (Å²) in [5.74, 6) is -3.65. The lowest BCUT2D eigenvalue weighted by molar-refractivity contribution is -0.133. The Hall–Kier alpha value is -3.30. The molecule has 0 unspecified atom stereocenters. The summed E-state index contributed by atoms with van der Waals surface area (Å²) in [7, 11) is 1.47. The SMILES string of the molecule is CNC(=O)c1cn(C[C@@H]2CC(F)(F)CN2C(=O)CCCc2c[nH]c3ccccc23)nn1. The Kier molecular flexibility index (Phi) is 5.71. The molecule has 0 aliphatic carbocycles. The number of H-pyrrole nitrogens is 1. The van der Waals surface area contributed by atoms with E-state index < -0.39 is 30.8 Å². The van der Waals surface area contributed by atoms with Crippen molar-refractivity contribution in [1.29, 1.82) is 0 Å². The smallest absolute Gasteiger partial charge is 0.273 e. The Morgan fingerprint density at radius 3 is 2.94 bits per heavy atom. The van der Waals surface area contributed by atoms with Crippen LogP contribution in [0.2, 0.25) is 0 Å². The van der Waals surface area contributed by atoms with E-state index in [0.717, 1.165) is 16.5 Å². The van der Waals surface area contributed by atoms with Gasteiger partial charge in [-0.2, -0.15) is 0 Å². The highest BCUT2D eigenvalue weighted by Gasteiger charge is 2.46. The van der Waals surface area contributed by atoms with Gasteiger partial charge >= 0.3 is 0 Å². The number of nitrogens with zero attached hydrogens (tertiary/aromatic N) is 4. The molecule has 164 valence electrons. The zero-order valence-electron chi connectivity index (χ0n) is 17.1. The third-order valence-electron chi connectivity index (χ3n) is 5.60. The van der Waals surface area contributed by atoms with E-state index in [2.05, 4.69) is 20.6 Å². The van der Waals surface area contributed by atoms with Crippen molar-refractivity contribution in [2.45, 2.75) is 44.2 Å². The van der Waals surface area contributed by atoms with Crippen molar-refractivity contribution in [3.05, 3.63) is 47.9 Å². The van der Waals surface area contributed by atoms with E-state index in [1.165, 1.54) is 22.8 Å². The Morgan fingerprint density at radius 1 is 1.32 bits per heavy atom. The molecule has 1 aromatic carbocycles. The molecule has 3 aromatic rings. The lowest BCUT2D eigenvalue weighted by Crippen LogP contribution is -2.38. The van der Waals surface area contributed by atoms with Gasteiger partial charge in [0.05, 0.1) is 25.3 Å². The number of nitrogens with one attached hydrogen (secondary N) is 2. The molecule has 10 heteroatoms. The number of aromatic nitrogens is 4. The first-order valence-corrected chi connectivity index (χ1v) is 10.2. The Bertz CT molecular complexity index is 1090. The third kappa shape index (κ3) is 4.57. The molecule has 1 fully saturated rings. The van der Waals surface area contributed by atoms with E-state index in [1.807, 2.05) is 30.5 Å². The van der Waals surface area contributed by atoms with E-state index in [4.69, 9.17) is 0 Å². The highest BCUT2D eigenvalue weighted by molar-refractivity contribution is 5.91. The van der Waals surface area contributed by atoms with Gasteiger partial charge in [0.2, 0.25) is 5.91 Å². The molecule has 2 amide bonds. The van der Waals surface area contributed by atoms with E-state index in [1.54, 1.807) is 0 Å². The summed E-state index contributed by atoms with van der Waals surface area (Å²) < 4.78 is 29.6. The minimum absolute atomic E-state index is 0.0633. The minimum atomic E-state index is -2.94. The van der Waals surface area contributed by atoms with Crippen LogP contribution < -0.4 is 5.32 Å². The summed E-state index contributed by atoms with van der Waals surface area (Å²) in [6.07, 6.45) is 4.33. The molecule has 3 heterocycles. The van der Waals surface area contributed by atoms with Gasteiger partial charge in [-0.1, -0.05) is 23.4 Å². The maximum absolute atomic E-state index is 14.1. The zero-order chi connectivity index (χ0) is 22.0. The van der Waals surface area contributed by atoms with Crippen molar-refractivity contribution in [2.75, 3.05) is 13.6 Å². The molecule has 1 aliphatic heterocycles. The second-order valence-electron chi connectivity index (χ2n) is 7.85. The molecule has 31 heavy (non-hydrogen) atoms. The van der Waals surface area contributed by atoms with Crippen LogP contribution in [0.3, 0.4) is 0 Å². The molecule has 0 bridgehead atoms. The summed E-state index contributed by atoms with van der Waals surface area (Å²) >= 11 is 0. The monoisotopic (exact) mass is 430 g/mol. The van der Waals surface area contributed by atoms with Crippen molar-refractivity contribution < 1.29 is 18.4 Å². The first-order valence-electron chi connectivity index (χ1n) is 10.2. The normalized spacial score (nSPS) is 17.9. The lowest BCUT2D eigenvalue weighted by atomic mass is 10.1. The number of benzene rings is 1. The highest BCUT2D eigenvalue weighted by atomic mass is 19.3. The molecule has 8 nitrogen and oxygen atoms in total. The first kappa shape index (κ1) is 21.0. The number of carbonyl (C=O) groups excluding carboxylic acids is 2. The Morgan fingerprint density at radius 2 is 2.13 bits per heavy atom. The van der Waals surface area contributed by atoms with Crippen molar-refractivity contribution >= 4 is 22.7 Å². The van der Waals surface area contributed by atoms with Gasteiger partial charge in [-0.05, 0) is 24.5 Å². The number of carbonyl (C=O) groups is 2. The molecule has 0 radical (unpaired) electrons. The average Bonchev–Trinajstić information content (AvgIpc) is 3.45. The second kappa shape index (κ2) is 8.44. The van der Waals surface area contributed by atoms with E-state index in [0.29, 0.717) is 12.8 Å². The van der Waals surface area contributed by atoms with E-state index >= 15 is 0 Å². The standard InChI is InChI=1S/C21H24F2N6O2/c1-24-20(31)18-12-28(27-26-18)11-15-9-21(22,23)13-29(15)19(30)8-4-5-14-10-25-17-7-3-2-6-16(14)17/h2-3,6-7,10,12,15,25H,4-5,8-9,11,13H2,1H3,(H,24,31)/t15-/m0/s1. The number of amides is 2. The van der Waals surface area contributed by atoms with E-state index in [-0.39, 0.29) is 24.6 Å². The number of alkyl halides is 2. The van der Waals surface area contributed by atoms with Gasteiger partial charge in [-0.3, -0.25) is 9.59 Å². The third-order valence-corrected chi connectivity index (χ3v) is 5.60. The number of fused-ring (bicyclic) bond motifs is 1. The molecule has 1 saturated heterocycles. The first-order chi connectivity index (χ1) is 14.9. The number of likely N-dealkylation sites (tertiary alicyclic amines) is 1. The van der Waals surface area contributed by atoms with Crippen LogP contribution in [0.1, 0.15) is 35.3 Å². The molecular formula is C21H24F2N6O2. The number of hydrogen-bond donors (Lipinski definition) is 2. The molecule has 4 rings (SSSR count). The number of rotatable bonds is 7. The topological polar surface area (TPSA) is 95.9 Å². The van der Waals surface area contributed by atoms with Gasteiger partial charge < -0.3 is 15.2 Å². The highest BCUT2D eigenvalue weighted by Crippen LogP contribution is 2.33. The maximum Gasteiger partial charge on any atom is 0.273 e. The van der Waals surface area contributed by atoms with Gasteiger partial charge in [-0.15, -0.1) is 5.10 Å². The van der Waals surface area contributed by atoms with E-state index in [9.17, 15) is 18.4 Å². The van der Waals surface area contributed by atoms with Crippen molar-refractivity contribution in [3.8, 4) is 0 Å². The Balaban J connectivity index is 1.38. The molecule has 0 spiro atoms. The molecule has 1 atom stereocenters. The van der Waals surface area contributed by atoms with Crippen LogP contribution in [-0.2, 0) is 17.8 Å². The summed E-state index contributed by atoms with van der Waals surface area (Å²) in [4.78, 5) is 28.8. The summed E-state index contributed by atoms with van der Waals surface area (Å²) in [6, 6.07) is 7.22. The van der Waals surface area contributed by atoms with Gasteiger partial charge in [0.25, 0.3) is 11.8 Å². The predicted molar refractivity (Wildman–Crippen MR) is 110 cm³/mol. The molecular weight excluding hydrogens is 406 g/mol. The second-order valence-corrected chi connectivity index (χ2v) is 7.85. The maximum atomic E-state index is 14.1. The van der Waals surface area contributed by atoms with Crippen LogP contribution in [0.15, 0.2) is 36.7 Å². The summed E-state index contributed by atoms with van der Waals surface area (Å²) in [6.45, 7) is -0.533. The number of aromatic amines is 1. The number of hydrogen-bond acceptors (Lipinski definition) is 4. The van der Waals surface area contributed by atoms with Crippen LogP contribution in [0.25, 0.3) is 10.9 Å². The zero-order valence-corrected chi connectivity index (χ0v) is 17.1. The van der Waals surface area contributed by atoms with Gasteiger partial charge in [0.1, 0.15) is 0 Å². The molecule has 2 aromatic heterocycles. The largest absolute Gasteiger partial charge is 0.361 e. The molecule has 0 saturated carbocycles. The summed E-state index contributed by atoms with van der Waals surface area (Å²) in [5, 5.41) is 11.1. The Labute approximate surface area is 177 Å². The van der Waals surface area contributed by atoms with Crippen LogP contribution >= 0.6 is 0 Å². The number of halogens is 2. The number of para-hydroxylation sites is 1. The molecule has 1 aliphatic rings. The predicted octanol–water partition coefficient (Wildman–Crippen LogP) is 2.38. The van der Waals surface area contributed by atoms with Gasteiger partial charge in [0.15, 0.2) is 5.69 Å². The fourth-order valence-corrected chi connectivity index (χ4v) is 4.10. The van der Waals surface area contributed by atoms with Crippen molar-refractivity contribution in [2.24, 2.45) is 0 Å². The van der Waals surface area contributed by atoms with Crippen LogP contribution in [0.5, 0.6) is 0 Å². The quantitative estimate of drug-likeness (QED) is 0.602. The van der Waals surface area contributed by atoms with Crippen molar-refractivity contribution in [1.82, 2.24) is 30.2 Å².